The molecule has 0 bridgehead atoms. The first-order chi connectivity index (χ1) is 10.0. The Balaban J connectivity index is 1.94. The van der Waals surface area contributed by atoms with Crippen LogP contribution < -0.4 is 10.2 Å². The SMILES string of the molecule is Cc1cccc(N2C(=O)/C(=C\c3cnn(C)c3)NC2=S)c1. The fourth-order valence-electron chi connectivity index (χ4n) is 2.22. The van der Waals surface area contributed by atoms with E-state index in [4.69, 9.17) is 12.2 Å². The molecule has 6 heteroatoms. The number of amides is 1. The number of hydrogen-bond acceptors (Lipinski definition) is 3. The largest absolute Gasteiger partial charge is 0.327 e. The molecule has 0 aliphatic carbocycles. The van der Waals surface area contributed by atoms with Gasteiger partial charge in [0.2, 0.25) is 0 Å². The van der Waals surface area contributed by atoms with Gasteiger partial charge in [-0.05, 0) is 42.9 Å². The van der Waals surface area contributed by atoms with Gasteiger partial charge in [0.1, 0.15) is 5.70 Å². The summed E-state index contributed by atoms with van der Waals surface area (Å²) in [6.07, 6.45) is 5.28. The van der Waals surface area contributed by atoms with Crippen molar-refractivity contribution < 1.29 is 4.79 Å². The van der Waals surface area contributed by atoms with Gasteiger partial charge in [-0.15, -0.1) is 0 Å². The van der Waals surface area contributed by atoms with Crippen molar-refractivity contribution in [1.29, 1.82) is 0 Å². The Hall–Kier alpha value is -2.47. The molecule has 106 valence electrons. The van der Waals surface area contributed by atoms with Gasteiger partial charge in [-0.2, -0.15) is 5.10 Å². The van der Waals surface area contributed by atoms with Gasteiger partial charge in [-0.25, -0.2) is 0 Å². The van der Waals surface area contributed by atoms with Crippen LogP contribution in [0.25, 0.3) is 6.08 Å². The van der Waals surface area contributed by atoms with Crippen molar-refractivity contribution in [2.75, 3.05) is 4.90 Å². The van der Waals surface area contributed by atoms with E-state index in [1.807, 2.05) is 44.4 Å². The van der Waals surface area contributed by atoms with Crippen LogP contribution in [0.1, 0.15) is 11.1 Å². The molecule has 1 amide bonds. The molecule has 1 aliphatic heterocycles. The zero-order valence-corrected chi connectivity index (χ0v) is 12.5. The third kappa shape index (κ3) is 2.57. The Labute approximate surface area is 127 Å². The molecule has 0 saturated carbocycles. The predicted octanol–water partition coefficient (Wildman–Crippen LogP) is 1.99. The smallest absolute Gasteiger partial charge is 0.281 e. The second kappa shape index (κ2) is 5.14. The summed E-state index contributed by atoms with van der Waals surface area (Å²) in [6, 6.07) is 7.68. The maximum absolute atomic E-state index is 12.5. The third-order valence-electron chi connectivity index (χ3n) is 3.17. The summed E-state index contributed by atoms with van der Waals surface area (Å²) >= 11 is 5.27. The van der Waals surface area contributed by atoms with Crippen molar-refractivity contribution in [2.24, 2.45) is 7.05 Å². The standard InChI is InChI=1S/C15H14N4OS/c1-10-4-3-5-12(6-10)19-14(20)13(17-15(19)21)7-11-8-16-18(2)9-11/h3-9H,1-2H3,(H,17,21)/b13-7+. The number of carbonyl (C=O) groups excluding carboxylic acids is 1. The van der Waals surface area contributed by atoms with E-state index < -0.39 is 0 Å². The Kier molecular flexibility index (Phi) is 3.31. The van der Waals surface area contributed by atoms with Crippen LogP contribution >= 0.6 is 12.2 Å². The first kappa shape index (κ1) is 13.5. The summed E-state index contributed by atoms with van der Waals surface area (Å²) in [7, 11) is 1.83. The lowest BCUT2D eigenvalue weighted by Crippen LogP contribution is -2.30. The lowest BCUT2D eigenvalue weighted by molar-refractivity contribution is -0.113. The molecular formula is C15H14N4OS. The van der Waals surface area contributed by atoms with Gasteiger partial charge in [-0.3, -0.25) is 14.4 Å². The van der Waals surface area contributed by atoms with Crippen molar-refractivity contribution >= 4 is 35.0 Å². The topological polar surface area (TPSA) is 50.2 Å². The van der Waals surface area contributed by atoms with Crippen molar-refractivity contribution in [3.8, 4) is 0 Å². The van der Waals surface area contributed by atoms with Gasteiger partial charge in [0, 0.05) is 18.8 Å². The molecule has 2 heterocycles. The van der Waals surface area contributed by atoms with Crippen molar-refractivity contribution in [3.63, 3.8) is 0 Å². The molecule has 0 radical (unpaired) electrons. The molecule has 0 unspecified atom stereocenters. The number of aromatic nitrogens is 2. The van der Waals surface area contributed by atoms with E-state index in [2.05, 4.69) is 10.4 Å². The quantitative estimate of drug-likeness (QED) is 0.680. The van der Waals surface area contributed by atoms with Crippen molar-refractivity contribution in [1.82, 2.24) is 15.1 Å². The second-order valence-corrected chi connectivity index (χ2v) is 5.30. The van der Waals surface area contributed by atoms with Gasteiger partial charge in [-0.1, -0.05) is 12.1 Å². The zero-order chi connectivity index (χ0) is 15.0. The number of aryl methyl sites for hydroxylation is 2. The van der Waals surface area contributed by atoms with Crippen LogP contribution in [-0.2, 0) is 11.8 Å². The highest BCUT2D eigenvalue weighted by Gasteiger charge is 2.31. The highest BCUT2D eigenvalue weighted by atomic mass is 32.1. The molecule has 0 spiro atoms. The molecular weight excluding hydrogens is 284 g/mol. The first-order valence-corrected chi connectivity index (χ1v) is 6.88. The Morgan fingerprint density at radius 3 is 2.86 bits per heavy atom. The number of carbonyl (C=O) groups is 1. The maximum atomic E-state index is 12.5. The Bertz CT molecular complexity index is 763. The molecule has 1 aliphatic rings. The summed E-state index contributed by atoms with van der Waals surface area (Å²) in [4.78, 5) is 14.0. The van der Waals surface area contributed by atoms with E-state index in [1.54, 1.807) is 17.0 Å². The van der Waals surface area contributed by atoms with Gasteiger partial charge in [0.25, 0.3) is 5.91 Å². The van der Waals surface area contributed by atoms with E-state index in [-0.39, 0.29) is 5.91 Å². The van der Waals surface area contributed by atoms with E-state index in [9.17, 15) is 4.79 Å². The fourth-order valence-corrected chi connectivity index (χ4v) is 2.52. The number of nitrogens with zero attached hydrogens (tertiary/aromatic N) is 3. The number of rotatable bonds is 2. The van der Waals surface area contributed by atoms with E-state index in [0.29, 0.717) is 10.8 Å². The van der Waals surface area contributed by atoms with Crippen LogP contribution in [0.5, 0.6) is 0 Å². The first-order valence-electron chi connectivity index (χ1n) is 6.47. The number of anilines is 1. The van der Waals surface area contributed by atoms with Crippen molar-refractivity contribution in [3.05, 3.63) is 53.5 Å². The van der Waals surface area contributed by atoms with E-state index in [0.717, 1.165) is 16.8 Å². The number of hydrogen-bond donors (Lipinski definition) is 1. The molecule has 1 aromatic heterocycles. The fraction of sp³-hybridized carbons (Fsp3) is 0.133. The zero-order valence-electron chi connectivity index (χ0n) is 11.7. The summed E-state index contributed by atoms with van der Waals surface area (Å²) in [5.41, 5.74) is 3.15. The predicted molar refractivity (Wildman–Crippen MR) is 85.6 cm³/mol. The van der Waals surface area contributed by atoms with Crippen LogP contribution in [0.3, 0.4) is 0 Å². The molecule has 1 saturated heterocycles. The Morgan fingerprint density at radius 1 is 1.38 bits per heavy atom. The van der Waals surface area contributed by atoms with Crippen LogP contribution in [0.4, 0.5) is 5.69 Å². The minimum Gasteiger partial charge on any atom is -0.327 e. The third-order valence-corrected chi connectivity index (χ3v) is 3.46. The summed E-state index contributed by atoms with van der Waals surface area (Å²) < 4.78 is 1.68. The molecule has 0 atom stereocenters. The minimum atomic E-state index is -0.158. The molecule has 1 aromatic carbocycles. The molecule has 3 rings (SSSR count). The molecule has 1 fully saturated rings. The second-order valence-electron chi connectivity index (χ2n) is 4.92. The molecule has 1 N–H and O–H groups in total. The normalized spacial score (nSPS) is 16.7. The Morgan fingerprint density at radius 2 is 2.19 bits per heavy atom. The highest BCUT2D eigenvalue weighted by molar-refractivity contribution is 7.80. The van der Waals surface area contributed by atoms with Crippen LogP contribution in [-0.4, -0.2) is 20.8 Å². The highest BCUT2D eigenvalue weighted by Crippen LogP contribution is 2.23. The van der Waals surface area contributed by atoms with Gasteiger partial charge in [0.05, 0.1) is 11.9 Å². The van der Waals surface area contributed by atoms with Crippen LogP contribution in [0.15, 0.2) is 42.4 Å². The average Bonchev–Trinajstić information content (AvgIpc) is 2.94. The van der Waals surface area contributed by atoms with Crippen LogP contribution in [0.2, 0.25) is 0 Å². The van der Waals surface area contributed by atoms with Gasteiger partial charge < -0.3 is 5.32 Å². The van der Waals surface area contributed by atoms with Gasteiger partial charge in [0.15, 0.2) is 5.11 Å². The monoisotopic (exact) mass is 298 g/mol. The van der Waals surface area contributed by atoms with Gasteiger partial charge >= 0.3 is 0 Å². The molecule has 5 nitrogen and oxygen atoms in total. The maximum Gasteiger partial charge on any atom is 0.281 e. The minimum absolute atomic E-state index is 0.158. The summed E-state index contributed by atoms with van der Waals surface area (Å²) in [6.45, 7) is 1.98. The summed E-state index contributed by atoms with van der Waals surface area (Å²) in [5.74, 6) is -0.158. The lowest BCUT2D eigenvalue weighted by atomic mass is 10.2. The van der Waals surface area contributed by atoms with E-state index >= 15 is 0 Å². The summed E-state index contributed by atoms with van der Waals surface area (Å²) in [5, 5.41) is 7.43. The molecule has 21 heavy (non-hydrogen) atoms. The number of nitrogens with one attached hydrogen (secondary N) is 1. The van der Waals surface area contributed by atoms with E-state index in [1.165, 1.54) is 4.90 Å². The van der Waals surface area contributed by atoms with Crippen LogP contribution in [0, 0.1) is 6.92 Å². The van der Waals surface area contributed by atoms with Crippen molar-refractivity contribution in [2.45, 2.75) is 6.92 Å². The molecule has 2 aromatic rings. The number of thiocarbonyl (C=S) groups is 1. The lowest BCUT2D eigenvalue weighted by Gasteiger charge is -2.14. The average molecular weight is 298 g/mol. The number of benzene rings is 1.